The minimum Gasteiger partial charge on any atom is -0.332 e. The summed E-state index contributed by atoms with van der Waals surface area (Å²) in [6, 6.07) is 14.9. The molecule has 1 atom stereocenters. The van der Waals surface area contributed by atoms with E-state index in [4.69, 9.17) is 0 Å². The van der Waals surface area contributed by atoms with E-state index < -0.39 is 17.7 Å². The molecule has 2 aromatic carbocycles. The van der Waals surface area contributed by atoms with E-state index in [0.29, 0.717) is 18.8 Å². The largest absolute Gasteiger partial charge is 0.332 e. The molecule has 0 aliphatic carbocycles. The summed E-state index contributed by atoms with van der Waals surface area (Å²) in [5.74, 6) is -1.73. The topological polar surface area (TPSA) is 69.7 Å². The van der Waals surface area contributed by atoms with Crippen molar-refractivity contribution in [2.75, 3.05) is 29.9 Å². The van der Waals surface area contributed by atoms with Gasteiger partial charge in [-0.3, -0.25) is 14.4 Å². The summed E-state index contributed by atoms with van der Waals surface area (Å²) in [5, 5.41) is 2.89. The average Bonchev–Trinajstić information content (AvgIpc) is 2.69. The number of piperazine rings is 1. The molecule has 1 heterocycles. The average molecular weight is 379 g/mol. The van der Waals surface area contributed by atoms with Crippen LogP contribution in [0.3, 0.4) is 0 Å². The van der Waals surface area contributed by atoms with Crippen LogP contribution < -0.4 is 10.2 Å². The molecule has 0 aromatic heterocycles. The van der Waals surface area contributed by atoms with E-state index >= 15 is 0 Å². The molecule has 0 radical (unpaired) electrons. The lowest BCUT2D eigenvalue weighted by molar-refractivity contribution is -0.147. The summed E-state index contributed by atoms with van der Waals surface area (Å²) >= 11 is 0. The first kappa shape index (κ1) is 19.6. The standard InChI is InChI=1S/C22H25N3O3/c1-15-9-10-18(13-16(15)2)23-20(26)17(3)14-24-11-12-25(22(28)21(24)27)19-7-5-4-6-8-19/h4-10,13,17H,11-12,14H2,1-3H3,(H,23,26)/t17-/m1/s1. The van der Waals surface area contributed by atoms with Crippen LogP contribution in [-0.2, 0) is 14.4 Å². The van der Waals surface area contributed by atoms with E-state index in [2.05, 4.69) is 5.32 Å². The summed E-state index contributed by atoms with van der Waals surface area (Å²) in [5.41, 5.74) is 3.70. The van der Waals surface area contributed by atoms with Crippen LogP contribution in [0.5, 0.6) is 0 Å². The number of amides is 3. The highest BCUT2D eigenvalue weighted by molar-refractivity contribution is 6.41. The quantitative estimate of drug-likeness (QED) is 0.812. The number of para-hydroxylation sites is 1. The normalized spacial score (nSPS) is 15.5. The second kappa shape index (κ2) is 8.25. The summed E-state index contributed by atoms with van der Waals surface area (Å²) in [4.78, 5) is 40.5. The Labute approximate surface area is 165 Å². The van der Waals surface area contributed by atoms with Crippen LogP contribution in [0.2, 0.25) is 0 Å². The number of anilines is 2. The Morgan fingerprint density at radius 3 is 2.39 bits per heavy atom. The third-order valence-electron chi connectivity index (χ3n) is 5.09. The Morgan fingerprint density at radius 2 is 1.71 bits per heavy atom. The van der Waals surface area contributed by atoms with Crippen molar-refractivity contribution in [1.29, 1.82) is 0 Å². The Hall–Kier alpha value is -3.15. The van der Waals surface area contributed by atoms with Gasteiger partial charge in [0.05, 0.1) is 5.92 Å². The molecule has 6 heteroatoms. The third kappa shape index (κ3) is 4.22. The number of aryl methyl sites for hydroxylation is 2. The molecule has 6 nitrogen and oxygen atoms in total. The Morgan fingerprint density at radius 1 is 1.00 bits per heavy atom. The molecule has 1 aliphatic rings. The second-order valence-corrected chi connectivity index (χ2v) is 7.23. The highest BCUT2D eigenvalue weighted by Crippen LogP contribution is 2.19. The van der Waals surface area contributed by atoms with Crippen LogP contribution in [0.1, 0.15) is 18.1 Å². The lowest BCUT2D eigenvalue weighted by Crippen LogP contribution is -2.55. The monoisotopic (exact) mass is 379 g/mol. The van der Waals surface area contributed by atoms with Crippen molar-refractivity contribution in [2.24, 2.45) is 5.92 Å². The molecule has 28 heavy (non-hydrogen) atoms. The van der Waals surface area contributed by atoms with Crippen LogP contribution in [0.15, 0.2) is 48.5 Å². The van der Waals surface area contributed by atoms with Crippen molar-refractivity contribution in [3.05, 3.63) is 59.7 Å². The van der Waals surface area contributed by atoms with Gasteiger partial charge >= 0.3 is 11.8 Å². The fourth-order valence-corrected chi connectivity index (χ4v) is 3.20. The van der Waals surface area contributed by atoms with Gasteiger partial charge in [0.1, 0.15) is 0 Å². The van der Waals surface area contributed by atoms with Gasteiger partial charge in [0.25, 0.3) is 0 Å². The molecule has 0 unspecified atom stereocenters. The molecule has 2 aromatic rings. The first-order valence-corrected chi connectivity index (χ1v) is 9.40. The number of carbonyl (C=O) groups excluding carboxylic acids is 3. The highest BCUT2D eigenvalue weighted by Gasteiger charge is 2.34. The van der Waals surface area contributed by atoms with Crippen molar-refractivity contribution < 1.29 is 14.4 Å². The van der Waals surface area contributed by atoms with Crippen LogP contribution in [-0.4, -0.2) is 42.3 Å². The lowest BCUT2D eigenvalue weighted by atomic mass is 10.1. The minimum absolute atomic E-state index is 0.172. The zero-order chi connectivity index (χ0) is 20.3. The van der Waals surface area contributed by atoms with E-state index in [9.17, 15) is 14.4 Å². The van der Waals surface area contributed by atoms with Gasteiger partial charge in [-0.1, -0.05) is 31.2 Å². The fourth-order valence-electron chi connectivity index (χ4n) is 3.20. The van der Waals surface area contributed by atoms with Crippen molar-refractivity contribution in [3.8, 4) is 0 Å². The van der Waals surface area contributed by atoms with Gasteiger partial charge in [-0.15, -0.1) is 0 Å². The molecule has 1 N–H and O–H groups in total. The molecule has 3 rings (SSSR count). The van der Waals surface area contributed by atoms with Crippen molar-refractivity contribution in [1.82, 2.24) is 4.90 Å². The van der Waals surface area contributed by atoms with E-state index in [1.54, 1.807) is 19.1 Å². The maximum Gasteiger partial charge on any atom is 0.316 e. The van der Waals surface area contributed by atoms with Gasteiger partial charge in [0.15, 0.2) is 0 Å². The van der Waals surface area contributed by atoms with Gasteiger partial charge < -0.3 is 15.1 Å². The second-order valence-electron chi connectivity index (χ2n) is 7.23. The number of benzene rings is 2. The zero-order valence-electron chi connectivity index (χ0n) is 16.4. The van der Waals surface area contributed by atoms with Crippen LogP contribution in [0, 0.1) is 19.8 Å². The van der Waals surface area contributed by atoms with Crippen LogP contribution in [0.25, 0.3) is 0 Å². The van der Waals surface area contributed by atoms with Gasteiger partial charge in [-0.25, -0.2) is 0 Å². The summed E-state index contributed by atoms with van der Waals surface area (Å²) in [6.07, 6.45) is 0. The van der Waals surface area contributed by atoms with Crippen molar-refractivity contribution in [2.45, 2.75) is 20.8 Å². The zero-order valence-corrected chi connectivity index (χ0v) is 16.4. The van der Waals surface area contributed by atoms with Crippen molar-refractivity contribution in [3.63, 3.8) is 0 Å². The summed E-state index contributed by atoms with van der Waals surface area (Å²) < 4.78 is 0. The van der Waals surface area contributed by atoms with E-state index in [0.717, 1.165) is 16.8 Å². The van der Waals surface area contributed by atoms with Crippen LogP contribution in [0.4, 0.5) is 11.4 Å². The third-order valence-corrected chi connectivity index (χ3v) is 5.09. The van der Waals surface area contributed by atoms with E-state index in [1.165, 1.54) is 9.80 Å². The smallest absolute Gasteiger partial charge is 0.316 e. The molecular formula is C22H25N3O3. The Kier molecular flexibility index (Phi) is 5.78. The number of rotatable bonds is 5. The summed E-state index contributed by atoms with van der Waals surface area (Å²) in [6.45, 7) is 6.80. The SMILES string of the molecule is Cc1ccc(NC(=O)[C@H](C)CN2CCN(c3ccccc3)C(=O)C2=O)cc1C. The molecule has 1 fully saturated rings. The fraction of sp³-hybridized carbons (Fsp3) is 0.318. The number of carbonyl (C=O) groups is 3. The number of hydrogen-bond donors (Lipinski definition) is 1. The molecule has 146 valence electrons. The van der Waals surface area contributed by atoms with Gasteiger partial charge in [0, 0.05) is 31.0 Å². The number of nitrogens with one attached hydrogen (secondary N) is 1. The van der Waals surface area contributed by atoms with Gasteiger partial charge in [-0.2, -0.15) is 0 Å². The highest BCUT2D eigenvalue weighted by atomic mass is 16.2. The first-order valence-electron chi connectivity index (χ1n) is 9.40. The maximum atomic E-state index is 12.5. The molecular weight excluding hydrogens is 354 g/mol. The van der Waals surface area contributed by atoms with Gasteiger partial charge in [0.2, 0.25) is 5.91 Å². The maximum absolute atomic E-state index is 12.5. The minimum atomic E-state index is -0.569. The predicted octanol–water partition coefficient (Wildman–Crippen LogP) is 2.75. The summed E-state index contributed by atoms with van der Waals surface area (Å²) in [7, 11) is 0. The van der Waals surface area contributed by atoms with E-state index in [1.807, 2.05) is 50.2 Å². The van der Waals surface area contributed by atoms with Crippen LogP contribution >= 0.6 is 0 Å². The Balaban J connectivity index is 1.60. The molecule has 1 aliphatic heterocycles. The number of hydrogen-bond acceptors (Lipinski definition) is 3. The molecule has 1 saturated heterocycles. The molecule has 0 spiro atoms. The first-order chi connectivity index (χ1) is 13.4. The lowest BCUT2D eigenvalue weighted by Gasteiger charge is -2.34. The molecule has 0 bridgehead atoms. The van der Waals surface area contributed by atoms with Gasteiger partial charge in [-0.05, 0) is 49.2 Å². The molecule has 3 amide bonds. The van der Waals surface area contributed by atoms with E-state index in [-0.39, 0.29) is 12.5 Å². The Bertz CT molecular complexity index is 895. The number of nitrogens with zero attached hydrogens (tertiary/aromatic N) is 2. The van der Waals surface area contributed by atoms with Crippen molar-refractivity contribution >= 4 is 29.1 Å². The predicted molar refractivity (Wildman–Crippen MR) is 109 cm³/mol. The molecule has 0 saturated carbocycles.